The molecule has 5 heteroatoms. The van der Waals surface area contributed by atoms with Crippen molar-refractivity contribution in [3.05, 3.63) is 65.7 Å². The Morgan fingerprint density at radius 1 is 1.04 bits per heavy atom. The Bertz CT molecular complexity index is 796. The fourth-order valence-electron chi connectivity index (χ4n) is 3.88. The molecule has 2 aromatic carbocycles. The molecule has 0 heterocycles. The number of carbonyl (C=O) groups excluding carboxylic acids is 1. The first-order chi connectivity index (χ1) is 13.5. The zero-order chi connectivity index (χ0) is 20.0. The van der Waals surface area contributed by atoms with Gasteiger partial charge in [-0.3, -0.25) is 4.79 Å². The van der Waals surface area contributed by atoms with Crippen LogP contribution in [0.4, 0.5) is 5.69 Å². The van der Waals surface area contributed by atoms with Crippen molar-refractivity contribution in [2.45, 2.75) is 44.1 Å². The molecule has 28 heavy (non-hydrogen) atoms. The molecule has 0 atom stereocenters. The molecular formula is C23H29N3OS. The Morgan fingerprint density at radius 2 is 1.68 bits per heavy atom. The topological polar surface area (TPSA) is 44.4 Å². The molecule has 0 radical (unpaired) electrons. The zero-order valence-electron chi connectivity index (χ0n) is 16.7. The summed E-state index contributed by atoms with van der Waals surface area (Å²) >= 11 is 5.60. The third-order valence-corrected chi connectivity index (χ3v) is 5.67. The van der Waals surface area contributed by atoms with Gasteiger partial charge in [0.25, 0.3) is 5.91 Å². The highest BCUT2D eigenvalue weighted by atomic mass is 32.1. The van der Waals surface area contributed by atoms with Gasteiger partial charge in [-0.25, -0.2) is 0 Å². The lowest BCUT2D eigenvalue weighted by molar-refractivity contribution is 0.0827. The largest absolute Gasteiger partial charge is 0.357 e. The fourth-order valence-corrected chi connectivity index (χ4v) is 4.21. The molecular weight excluding hydrogens is 366 g/mol. The van der Waals surface area contributed by atoms with Crippen LogP contribution in [0.3, 0.4) is 0 Å². The van der Waals surface area contributed by atoms with E-state index in [4.69, 9.17) is 12.2 Å². The van der Waals surface area contributed by atoms with Gasteiger partial charge in [0, 0.05) is 30.9 Å². The van der Waals surface area contributed by atoms with E-state index < -0.39 is 0 Å². The molecule has 2 N–H and O–H groups in total. The minimum absolute atomic E-state index is 0.00179. The summed E-state index contributed by atoms with van der Waals surface area (Å²) in [6.07, 6.45) is 6.92. The van der Waals surface area contributed by atoms with E-state index in [2.05, 4.69) is 41.0 Å². The second-order valence-corrected chi connectivity index (χ2v) is 8.24. The molecule has 1 amide bonds. The van der Waals surface area contributed by atoms with Gasteiger partial charge in [-0.1, -0.05) is 43.2 Å². The van der Waals surface area contributed by atoms with Crippen LogP contribution in [0.1, 0.15) is 48.0 Å². The van der Waals surface area contributed by atoms with E-state index in [1.54, 1.807) is 19.0 Å². The Kier molecular flexibility index (Phi) is 6.68. The van der Waals surface area contributed by atoms with E-state index in [1.165, 1.54) is 18.4 Å². The second kappa shape index (κ2) is 9.20. The third-order valence-electron chi connectivity index (χ3n) is 5.47. The number of anilines is 1. The number of amides is 1. The summed E-state index contributed by atoms with van der Waals surface area (Å²) in [6, 6.07) is 18.1. The maximum Gasteiger partial charge on any atom is 0.253 e. The monoisotopic (exact) mass is 395 g/mol. The molecule has 0 bridgehead atoms. The van der Waals surface area contributed by atoms with E-state index in [0.717, 1.165) is 31.4 Å². The van der Waals surface area contributed by atoms with E-state index in [-0.39, 0.29) is 11.4 Å². The first-order valence-electron chi connectivity index (χ1n) is 9.92. The first-order valence-corrected chi connectivity index (χ1v) is 10.3. The lowest BCUT2D eigenvalue weighted by Crippen LogP contribution is -2.48. The number of aryl methyl sites for hydroxylation is 1. The van der Waals surface area contributed by atoms with Crippen LogP contribution in [0.2, 0.25) is 0 Å². The van der Waals surface area contributed by atoms with Crippen molar-refractivity contribution in [1.29, 1.82) is 0 Å². The highest BCUT2D eigenvalue weighted by Crippen LogP contribution is 2.34. The molecule has 1 saturated carbocycles. The standard InChI is InChI=1S/C23H29N3OS/c1-26(2)21(27)19-10-12-20(13-11-19)24-22(28)25-23(15-6-7-16-23)17-14-18-8-4-3-5-9-18/h3-5,8-13H,6-7,14-17H2,1-2H3,(H2,24,25,28). The minimum Gasteiger partial charge on any atom is -0.357 e. The smallest absolute Gasteiger partial charge is 0.253 e. The van der Waals surface area contributed by atoms with Gasteiger partial charge in [0.1, 0.15) is 0 Å². The molecule has 1 fully saturated rings. The van der Waals surface area contributed by atoms with Crippen LogP contribution in [-0.4, -0.2) is 35.6 Å². The van der Waals surface area contributed by atoms with E-state index in [1.807, 2.05) is 24.3 Å². The number of hydrogen-bond acceptors (Lipinski definition) is 2. The average molecular weight is 396 g/mol. The third kappa shape index (κ3) is 5.32. The van der Waals surface area contributed by atoms with E-state index >= 15 is 0 Å². The number of rotatable bonds is 6. The lowest BCUT2D eigenvalue weighted by atomic mass is 9.89. The Hall–Kier alpha value is -2.40. The summed E-state index contributed by atoms with van der Waals surface area (Å²) in [4.78, 5) is 13.6. The van der Waals surface area contributed by atoms with Gasteiger partial charge in [-0.15, -0.1) is 0 Å². The van der Waals surface area contributed by atoms with Crippen molar-refractivity contribution in [1.82, 2.24) is 10.2 Å². The molecule has 0 saturated heterocycles. The molecule has 2 aromatic rings. The predicted octanol–water partition coefficient (Wildman–Crippen LogP) is 4.62. The quantitative estimate of drug-likeness (QED) is 0.701. The number of nitrogens with one attached hydrogen (secondary N) is 2. The van der Waals surface area contributed by atoms with Crippen molar-refractivity contribution >= 4 is 28.9 Å². The fraction of sp³-hybridized carbons (Fsp3) is 0.391. The normalized spacial score (nSPS) is 15.1. The molecule has 0 unspecified atom stereocenters. The van der Waals surface area contributed by atoms with Crippen molar-refractivity contribution in [2.24, 2.45) is 0 Å². The zero-order valence-corrected chi connectivity index (χ0v) is 17.5. The summed E-state index contributed by atoms with van der Waals surface area (Å²) in [5.41, 5.74) is 3.00. The number of thiocarbonyl (C=S) groups is 1. The molecule has 1 aliphatic rings. The molecule has 0 aromatic heterocycles. The van der Waals surface area contributed by atoms with Gasteiger partial charge in [-0.2, -0.15) is 0 Å². The number of nitrogens with zero attached hydrogens (tertiary/aromatic N) is 1. The highest BCUT2D eigenvalue weighted by Gasteiger charge is 2.34. The van der Waals surface area contributed by atoms with Crippen LogP contribution in [0.5, 0.6) is 0 Å². The molecule has 4 nitrogen and oxygen atoms in total. The summed E-state index contributed by atoms with van der Waals surface area (Å²) in [5, 5.41) is 7.55. The molecule has 3 rings (SSSR count). The van der Waals surface area contributed by atoms with Crippen LogP contribution in [-0.2, 0) is 6.42 Å². The highest BCUT2D eigenvalue weighted by molar-refractivity contribution is 7.80. The molecule has 0 aliphatic heterocycles. The van der Waals surface area contributed by atoms with Gasteiger partial charge in [0.2, 0.25) is 0 Å². The molecule has 148 valence electrons. The van der Waals surface area contributed by atoms with Crippen LogP contribution in [0.15, 0.2) is 54.6 Å². The van der Waals surface area contributed by atoms with Crippen LogP contribution >= 0.6 is 12.2 Å². The Labute approximate surface area is 173 Å². The van der Waals surface area contributed by atoms with Gasteiger partial charge in [-0.05, 0) is 67.7 Å². The van der Waals surface area contributed by atoms with Crippen molar-refractivity contribution in [3.63, 3.8) is 0 Å². The van der Waals surface area contributed by atoms with Crippen molar-refractivity contribution < 1.29 is 4.79 Å². The number of hydrogen-bond donors (Lipinski definition) is 2. The van der Waals surface area contributed by atoms with Crippen LogP contribution in [0, 0.1) is 0 Å². The van der Waals surface area contributed by atoms with E-state index in [0.29, 0.717) is 10.7 Å². The van der Waals surface area contributed by atoms with Gasteiger partial charge in [0.15, 0.2) is 5.11 Å². The summed E-state index contributed by atoms with van der Waals surface area (Å²) in [7, 11) is 3.51. The molecule has 1 aliphatic carbocycles. The Balaban J connectivity index is 1.59. The van der Waals surface area contributed by atoms with Crippen LogP contribution < -0.4 is 10.6 Å². The van der Waals surface area contributed by atoms with Crippen molar-refractivity contribution in [3.8, 4) is 0 Å². The lowest BCUT2D eigenvalue weighted by Gasteiger charge is -2.32. The number of carbonyl (C=O) groups is 1. The molecule has 0 spiro atoms. The minimum atomic E-state index is -0.00179. The van der Waals surface area contributed by atoms with Gasteiger partial charge in [0.05, 0.1) is 0 Å². The van der Waals surface area contributed by atoms with Gasteiger partial charge < -0.3 is 15.5 Å². The maximum absolute atomic E-state index is 12.0. The second-order valence-electron chi connectivity index (χ2n) is 7.83. The number of benzene rings is 2. The predicted molar refractivity (Wildman–Crippen MR) is 120 cm³/mol. The first kappa shape index (κ1) is 20.3. The summed E-state index contributed by atoms with van der Waals surface area (Å²) in [6.45, 7) is 0. The average Bonchev–Trinajstić information content (AvgIpc) is 3.15. The van der Waals surface area contributed by atoms with Gasteiger partial charge >= 0.3 is 0 Å². The summed E-state index contributed by atoms with van der Waals surface area (Å²) in [5.74, 6) is -0.00179. The van der Waals surface area contributed by atoms with Crippen molar-refractivity contribution in [2.75, 3.05) is 19.4 Å². The SMILES string of the molecule is CN(C)C(=O)c1ccc(NC(=S)NC2(CCc3ccccc3)CCCC2)cc1. The Morgan fingerprint density at radius 3 is 2.29 bits per heavy atom. The van der Waals surface area contributed by atoms with Crippen LogP contribution in [0.25, 0.3) is 0 Å². The summed E-state index contributed by atoms with van der Waals surface area (Å²) < 4.78 is 0. The van der Waals surface area contributed by atoms with E-state index in [9.17, 15) is 4.79 Å². The maximum atomic E-state index is 12.0.